The second-order valence-corrected chi connectivity index (χ2v) is 6.32. The Morgan fingerprint density at radius 3 is 2.62 bits per heavy atom. The van der Waals surface area contributed by atoms with Crippen LogP contribution < -0.4 is 0 Å². The van der Waals surface area contributed by atoms with Gasteiger partial charge in [0.25, 0.3) is 0 Å². The van der Waals surface area contributed by atoms with Gasteiger partial charge < -0.3 is 20.1 Å². The number of fused-ring (bicyclic) bond motifs is 1. The number of hydrogen-bond donors (Lipinski definition) is 3. The van der Waals surface area contributed by atoms with E-state index in [0.717, 1.165) is 0 Å². The Morgan fingerprint density at radius 1 is 1.38 bits per heavy atom. The first-order valence-electron chi connectivity index (χ1n) is 6.05. The van der Waals surface area contributed by atoms with E-state index in [1.165, 1.54) is 4.57 Å². The number of rotatable bonds is 2. The van der Waals surface area contributed by atoms with E-state index in [4.69, 9.17) is 27.9 Å². The standard InChI is InChI=1S/C12H11BrCl2N2O4/c13-11-16-7-1-5(14)6(15)2-8(7)17(11)12(4-18)10(20)9(19)3-21-12/h1-2,9-10,18-20H,3-4H2/t9-,10-,12-/m0/s1. The van der Waals surface area contributed by atoms with Gasteiger partial charge in [-0.1, -0.05) is 23.2 Å². The zero-order chi connectivity index (χ0) is 15.4. The molecule has 0 radical (unpaired) electrons. The summed E-state index contributed by atoms with van der Waals surface area (Å²) in [6.45, 7) is -0.648. The Bertz CT molecular complexity index is 710. The lowest BCUT2D eigenvalue weighted by atomic mass is 10.1. The smallest absolute Gasteiger partial charge is 0.199 e. The van der Waals surface area contributed by atoms with E-state index >= 15 is 0 Å². The van der Waals surface area contributed by atoms with Gasteiger partial charge in [0.15, 0.2) is 10.5 Å². The number of ether oxygens (including phenoxy) is 1. The van der Waals surface area contributed by atoms with Crippen molar-refractivity contribution < 1.29 is 20.1 Å². The van der Waals surface area contributed by atoms with Crippen molar-refractivity contribution >= 4 is 50.2 Å². The molecule has 3 N–H and O–H groups in total. The molecule has 9 heteroatoms. The second-order valence-electron chi connectivity index (χ2n) is 4.80. The largest absolute Gasteiger partial charge is 0.391 e. The average Bonchev–Trinajstić information content (AvgIpc) is 2.90. The summed E-state index contributed by atoms with van der Waals surface area (Å²) in [5.41, 5.74) is -0.510. The third-order valence-electron chi connectivity index (χ3n) is 3.59. The van der Waals surface area contributed by atoms with Crippen molar-refractivity contribution in [3.63, 3.8) is 0 Å². The van der Waals surface area contributed by atoms with Gasteiger partial charge in [-0.2, -0.15) is 0 Å². The predicted octanol–water partition coefficient (Wildman–Crippen LogP) is 1.50. The Labute approximate surface area is 138 Å². The van der Waals surface area contributed by atoms with Gasteiger partial charge in [-0.05, 0) is 28.1 Å². The molecule has 2 aromatic rings. The maximum Gasteiger partial charge on any atom is 0.199 e. The Hall–Kier alpha value is -0.410. The molecular formula is C12H11BrCl2N2O4. The summed E-state index contributed by atoms with van der Waals surface area (Å²) >= 11 is 15.3. The highest BCUT2D eigenvalue weighted by Gasteiger charge is 2.51. The lowest BCUT2D eigenvalue weighted by Gasteiger charge is -2.32. The number of halogens is 3. The van der Waals surface area contributed by atoms with Crippen LogP contribution in [0.4, 0.5) is 0 Å². The summed E-state index contributed by atoms with van der Waals surface area (Å²) in [7, 11) is 0. The molecule has 114 valence electrons. The van der Waals surface area contributed by atoms with E-state index in [0.29, 0.717) is 25.8 Å². The first kappa shape index (κ1) is 15.5. The lowest BCUT2D eigenvalue weighted by molar-refractivity contribution is -0.150. The molecule has 1 aliphatic rings. The van der Waals surface area contributed by atoms with Crippen molar-refractivity contribution in [2.24, 2.45) is 0 Å². The number of benzene rings is 1. The molecule has 0 spiro atoms. The minimum atomic E-state index is -1.54. The number of aliphatic hydroxyl groups excluding tert-OH is 3. The molecule has 3 rings (SSSR count). The van der Waals surface area contributed by atoms with E-state index < -0.39 is 24.5 Å². The van der Waals surface area contributed by atoms with Gasteiger partial charge in [0.1, 0.15) is 12.2 Å². The summed E-state index contributed by atoms with van der Waals surface area (Å²) in [6, 6.07) is 3.14. The number of imidazole rings is 1. The van der Waals surface area contributed by atoms with Crippen LogP contribution in [-0.2, 0) is 10.5 Å². The van der Waals surface area contributed by atoms with Gasteiger partial charge >= 0.3 is 0 Å². The molecule has 21 heavy (non-hydrogen) atoms. The van der Waals surface area contributed by atoms with Crippen LogP contribution in [0.15, 0.2) is 16.9 Å². The van der Waals surface area contributed by atoms with Gasteiger partial charge in [0.2, 0.25) is 0 Å². The number of nitrogens with zero attached hydrogens (tertiary/aromatic N) is 2. The molecule has 1 aromatic carbocycles. The highest BCUT2D eigenvalue weighted by atomic mass is 79.9. The maximum absolute atomic E-state index is 10.2. The maximum atomic E-state index is 10.2. The van der Waals surface area contributed by atoms with Gasteiger partial charge in [0, 0.05) is 0 Å². The molecule has 0 aliphatic carbocycles. The predicted molar refractivity (Wildman–Crippen MR) is 80.5 cm³/mol. The summed E-state index contributed by atoms with van der Waals surface area (Å²) in [6.07, 6.45) is -2.42. The molecule has 1 fully saturated rings. The minimum Gasteiger partial charge on any atom is -0.391 e. The Morgan fingerprint density at radius 2 is 2.05 bits per heavy atom. The van der Waals surface area contributed by atoms with Crippen molar-refractivity contribution in [2.45, 2.75) is 17.9 Å². The second kappa shape index (κ2) is 5.34. The Balaban J connectivity index is 2.28. The minimum absolute atomic E-state index is 0.102. The van der Waals surface area contributed by atoms with Crippen LogP contribution in [0.2, 0.25) is 10.0 Å². The van der Waals surface area contributed by atoms with E-state index in [2.05, 4.69) is 20.9 Å². The summed E-state index contributed by atoms with van der Waals surface area (Å²) in [5, 5.41) is 30.4. The molecule has 0 unspecified atom stereocenters. The normalized spacial score (nSPS) is 29.4. The van der Waals surface area contributed by atoms with Crippen LogP contribution in [0.1, 0.15) is 0 Å². The molecule has 1 aliphatic heterocycles. The molecule has 1 aromatic heterocycles. The van der Waals surface area contributed by atoms with Gasteiger partial charge in [-0.3, -0.25) is 4.57 Å². The van der Waals surface area contributed by atoms with E-state index in [1.54, 1.807) is 12.1 Å². The van der Waals surface area contributed by atoms with Crippen molar-refractivity contribution in [3.05, 3.63) is 26.9 Å². The molecular weight excluding hydrogens is 387 g/mol. The third kappa shape index (κ3) is 2.19. The van der Waals surface area contributed by atoms with Crippen molar-refractivity contribution in [1.29, 1.82) is 0 Å². The quantitative estimate of drug-likeness (QED) is 0.714. The number of hydrogen-bond acceptors (Lipinski definition) is 5. The van der Waals surface area contributed by atoms with Crippen LogP contribution in [0.3, 0.4) is 0 Å². The first-order valence-corrected chi connectivity index (χ1v) is 7.60. The lowest BCUT2D eigenvalue weighted by Crippen LogP contribution is -2.48. The van der Waals surface area contributed by atoms with Crippen molar-refractivity contribution in [1.82, 2.24) is 9.55 Å². The molecule has 0 amide bonds. The zero-order valence-corrected chi connectivity index (χ0v) is 13.6. The topological polar surface area (TPSA) is 87.7 Å². The molecule has 3 atom stereocenters. The molecule has 6 nitrogen and oxygen atoms in total. The monoisotopic (exact) mass is 396 g/mol. The molecule has 0 bridgehead atoms. The van der Waals surface area contributed by atoms with Gasteiger partial charge in [-0.25, -0.2) is 4.98 Å². The fourth-order valence-electron chi connectivity index (χ4n) is 2.52. The van der Waals surface area contributed by atoms with Crippen molar-refractivity contribution in [2.75, 3.05) is 13.2 Å². The van der Waals surface area contributed by atoms with Crippen LogP contribution in [-0.4, -0.2) is 50.3 Å². The fourth-order valence-corrected chi connectivity index (χ4v) is 3.51. The number of aromatic nitrogens is 2. The highest BCUT2D eigenvalue weighted by molar-refractivity contribution is 9.10. The summed E-state index contributed by atoms with van der Waals surface area (Å²) in [4.78, 5) is 4.26. The molecule has 1 saturated heterocycles. The summed E-state index contributed by atoms with van der Waals surface area (Å²) < 4.78 is 7.27. The average molecular weight is 398 g/mol. The first-order chi connectivity index (χ1) is 9.90. The zero-order valence-electron chi connectivity index (χ0n) is 10.5. The number of aliphatic hydroxyl groups is 3. The van der Waals surface area contributed by atoms with E-state index in [9.17, 15) is 15.3 Å². The van der Waals surface area contributed by atoms with Gasteiger partial charge in [0.05, 0.1) is 34.3 Å². The third-order valence-corrected chi connectivity index (χ3v) is 4.85. The van der Waals surface area contributed by atoms with Crippen LogP contribution >= 0.6 is 39.1 Å². The Kier molecular flexibility index (Phi) is 3.94. The van der Waals surface area contributed by atoms with Crippen LogP contribution in [0, 0.1) is 0 Å². The van der Waals surface area contributed by atoms with Gasteiger partial charge in [-0.15, -0.1) is 0 Å². The molecule has 0 saturated carbocycles. The van der Waals surface area contributed by atoms with Crippen LogP contribution in [0.25, 0.3) is 11.0 Å². The highest BCUT2D eigenvalue weighted by Crippen LogP contribution is 2.39. The van der Waals surface area contributed by atoms with E-state index in [1.807, 2.05) is 0 Å². The van der Waals surface area contributed by atoms with Crippen molar-refractivity contribution in [3.8, 4) is 0 Å². The fraction of sp³-hybridized carbons (Fsp3) is 0.417. The molecule has 2 heterocycles. The van der Waals surface area contributed by atoms with Crippen LogP contribution in [0.5, 0.6) is 0 Å². The SMILES string of the molecule is OC[C@]1(n2c(Br)nc3cc(Cl)c(Cl)cc32)OC[C@H](O)[C@@H]1O. The summed E-state index contributed by atoms with van der Waals surface area (Å²) in [5.74, 6) is 0. The van der Waals surface area contributed by atoms with E-state index in [-0.39, 0.29) is 6.61 Å².